The molecule has 0 heterocycles. The third-order valence-electron chi connectivity index (χ3n) is 3.29. The Morgan fingerprint density at radius 3 is 2.24 bits per heavy atom. The second kappa shape index (κ2) is 5.90. The number of para-hydroxylation sites is 1. The Balaban J connectivity index is 2.00. The summed E-state index contributed by atoms with van der Waals surface area (Å²) < 4.78 is 0. The van der Waals surface area contributed by atoms with Crippen molar-refractivity contribution in [2.24, 2.45) is 0 Å². The van der Waals surface area contributed by atoms with Crippen molar-refractivity contribution < 1.29 is 0 Å². The second-order valence-corrected chi connectivity index (χ2v) is 5.20. The van der Waals surface area contributed by atoms with Crippen LogP contribution in [0.2, 0.25) is 5.02 Å². The van der Waals surface area contributed by atoms with Crippen LogP contribution in [0.15, 0.2) is 72.8 Å². The summed E-state index contributed by atoms with van der Waals surface area (Å²) in [4.78, 5) is 0. The monoisotopic (exact) mass is 294 g/mol. The van der Waals surface area contributed by atoms with Gasteiger partial charge >= 0.3 is 0 Å². The lowest BCUT2D eigenvalue weighted by Crippen LogP contribution is -1.97. The van der Waals surface area contributed by atoms with E-state index in [4.69, 9.17) is 17.3 Å². The summed E-state index contributed by atoms with van der Waals surface area (Å²) in [5.41, 5.74) is 10.8. The van der Waals surface area contributed by atoms with Crippen LogP contribution >= 0.6 is 11.6 Å². The van der Waals surface area contributed by atoms with E-state index in [9.17, 15) is 0 Å². The van der Waals surface area contributed by atoms with E-state index in [0.717, 1.165) is 22.5 Å². The van der Waals surface area contributed by atoms with Crippen molar-refractivity contribution in [3.8, 4) is 11.1 Å². The van der Waals surface area contributed by atoms with Gasteiger partial charge in [0.1, 0.15) is 0 Å². The van der Waals surface area contributed by atoms with Crippen LogP contribution in [0.3, 0.4) is 0 Å². The quantitative estimate of drug-likeness (QED) is 0.640. The topological polar surface area (TPSA) is 38.0 Å². The fourth-order valence-corrected chi connectivity index (χ4v) is 2.43. The molecule has 3 heteroatoms. The van der Waals surface area contributed by atoms with Crippen LogP contribution in [0.5, 0.6) is 0 Å². The van der Waals surface area contributed by atoms with E-state index >= 15 is 0 Å². The highest BCUT2D eigenvalue weighted by Gasteiger charge is 2.06. The molecule has 0 unspecified atom stereocenters. The summed E-state index contributed by atoms with van der Waals surface area (Å²) in [6.45, 7) is 0. The molecule has 0 saturated carbocycles. The van der Waals surface area contributed by atoms with E-state index < -0.39 is 0 Å². The lowest BCUT2D eigenvalue weighted by Gasteiger charge is -2.14. The summed E-state index contributed by atoms with van der Waals surface area (Å²) in [6, 6.07) is 23.9. The molecule has 3 N–H and O–H groups in total. The van der Waals surface area contributed by atoms with Gasteiger partial charge in [-0.15, -0.1) is 0 Å². The molecule has 104 valence electrons. The zero-order valence-electron chi connectivity index (χ0n) is 11.4. The number of hydrogen-bond acceptors (Lipinski definition) is 2. The molecule has 0 radical (unpaired) electrons. The highest BCUT2D eigenvalue weighted by Crippen LogP contribution is 2.32. The average molecular weight is 295 g/mol. The summed E-state index contributed by atoms with van der Waals surface area (Å²) in [5, 5.41) is 4.02. The Hall–Kier alpha value is -2.45. The van der Waals surface area contributed by atoms with E-state index in [0.29, 0.717) is 10.7 Å². The fourth-order valence-electron chi connectivity index (χ4n) is 2.25. The molecule has 0 aromatic heterocycles. The number of nitrogens with two attached hydrogens (primary N) is 1. The van der Waals surface area contributed by atoms with Crippen molar-refractivity contribution >= 4 is 28.7 Å². The molecule has 0 bridgehead atoms. The van der Waals surface area contributed by atoms with E-state index in [1.54, 1.807) is 6.07 Å². The van der Waals surface area contributed by atoms with Crippen LogP contribution in [0.1, 0.15) is 0 Å². The minimum atomic E-state index is 0.630. The molecule has 2 nitrogen and oxygen atoms in total. The molecule has 0 amide bonds. The van der Waals surface area contributed by atoms with E-state index in [2.05, 4.69) is 23.5 Å². The molecular weight excluding hydrogens is 280 g/mol. The maximum atomic E-state index is 6.01. The Bertz CT molecular complexity index is 754. The Kier molecular flexibility index (Phi) is 3.80. The van der Waals surface area contributed by atoms with Gasteiger partial charge in [-0.25, -0.2) is 0 Å². The van der Waals surface area contributed by atoms with Crippen LogP contribution in [-0.4, -0.2) is 0 Å². The molecule has 0 spiro atoms. The first-order valence-electron chi connectivity index (χ1n) is 6.70. The van der Waals surface area contributed by atoms with Crippen LogP contribution in [0, 0.1) is 0 Å². The SMILES string of the molecule is Nc1cc(Cl)ccc1Nc1ccccc1-c1ccccc1. The van der Waals surface area contributed by atoms with Gasteiger partial charge < -0.3 is 11.1 Å². The first kappa shape index (κ1) is 13.5. The molecule has 21 heavy (non-hydrogen) atoms. The van der Waals surface area contributed by atoms with Gasteiger partial charge in [-0.05, 0) is 29.8 Å². The largest absolute Gasteiger partial charge is 0.397 e. The molecule has 3 rings (SSSR count). The van der Waals surface area contributed by atoms with Gasteiger partial charge in [0.2, 0.25) is 0 Å². The summed E-state index contributed by atoms with van der Waals surface area (Å²) >= 11 is 5.94. The minimum Gasteiger partial charge on any atom is -0.397 e. The summed E-state index contributed by atoms with van der Waals surface area (Å²) in [6.07, 6.45) is 0. The van der Waals surface area contributed by atoms with Crippen LogP contribution in [0.4, 0.5) is 17.1 Å². The first-order valence-corrected chi connectivity index (χ1v) is 7.08. The lowest BCUT2D eigenvalue weighted by molar-refractivity contribution is 1.53. The molecule has 3 aromatic rings. The molecule has 0 aliphatic carbocycles. The number of rotatable bonds is 3. The molecule has 0 atom stereocenters. The molecule has 3 aromatic carbocycles. The van der Waals surface area contributed by atoms with E-state index in [-0.39, 0.29) is 0 Å². The van der Waals surface area contributed by atoms with Gasteiger partial charge in [0.05, 0.1) is 11.4 Å². The van der Waals surface area contributed by atoms with Crippen LogP contribution in [0.25, 0.3) is 11.1 Å². The second-order valence-electron chi connectivity index (χ2n) is 4.77. The number of anilines is 3. The number of nitrogens with one attached hydrogen (secondary N) is 1. The van der Waals surface area contributed by atoms with Gasteiger partial charge in [-0.1, -0.05) is 60.1 Å². The Morgan fingerprint density at radius 1 is 0.762 bits per heavy atom. The molecule has 0 aliphatic rings. The third-order valence-corrected chi connectivity index (χ3v) is 3.53. The highest BCUT2D eigenvalue weighted by molar-refractivity contribution is 6.31. The first-order chi connectivity index (χ1) is 10.2. The van der Waals surface area contributed by atoms with Crippen molar-refractivity contribution in [2.75, 3.05) is 11.1 Å². The van der Waals surface area contributed by atoms with Gasteiger partial charge in [-0.3, -0.25) is 0 Å². The van der Waals surface area contributed by atoms with Crippen molar-refractivity contribution in [1.82, 2.24) is 0 Å². The lowest BCUT2D eigenvalue weighted by atomic mass is 10.0. The predicted molar refractivity (Wildman–Crippen MR) is 91.0 cm³/mol. The van der Waals surface area contributed by atoms with Crippen molar-refractivity contribution in [3.05, 3.63) is 77.8 Å². The molecule has 0 aliphatic heterocycles. The standard InChI is InChI=1S/C18H15ClN2/c19-14-10-11-18(16(20)12-14)21-17-9-5-4-8-15(17)13-6-2-1-3-7-13/h1-12,21H,20H2. The number of hydrogen-bond donors (Lipinski definition) is 2. The summed E-state index contributed by atoms with van der Waals surface area (Å²) in [7, 11) is 0. The normalized spacial score (nSPS) is 10.3. The third kappa shape index (κ3) is 3.01. The van der Waals surface area contributed by atoms with Crippen LogP contribution < -0.4 is 11.1 Å². The van der Waals surface area contributed by atoms with Gasteiger partial charge in [0.15, 0.2) is 0 Å². The number of nitrogen functional groups attached to an aromatic ring is 1. The van der Waals surface area contributed by atoms with Crippen molar-refractivity contribution in [1.29, 1.82) is 0 Å². The summed E-state index contributed by atoms with van der Waals surface area (Å²) in [5.74, 6) is 0. The van der Waals surface area contributed by atoms with E-state index in [1.165, 1.54) is 0 Å². The number of halogens is 1. The zero-order chi connectivity index (χ0) is 14.7. The minimum absolute atomic E-state index is 0.630. The van der Waals surface area contributed by atoms with E-state index in [1.807, 2.05) is 48.5 Å². The zero-order valence-corrected chi connectivity index (χ0v) is 12.1. The Labute approximate surface area is 129 Å². The smallest absolute Gasteiger partial charge is 0.0619 e. The average Bonchev–Trinajstić information content (AvgIpc) is 2.51. The van der Waals surface area contributed by atoms with Gasteiger partial charge in [0.25, 0.3) is 0 Å². The Morgan fingerprint density at radius 2 is 1.48 bits per heavy atom. The van der Waals surface area contributed by atoms with Gasteiger partial charge in [0, 0.05) is 16.3 Å². The highest BCUT2D eigenvalue weighted by atomic mass is 35.5. The molecule has 0 fully saturated rings. The number of benzene rings is 3. The van der Waals surface area contributed by atoms with Crippen molar-refractivity contribution in [2.45, 2.75) is 0 Å². The molecular formula is C18H15ClN2. The molecule has 0 saturated heterocycles. The fraction of sp³-hybridized carbons (Fsp3) is 0. The van der Waals surface area contributed by atoms with Gasteiger partial charge in [-0.2, -0.15) is 0 Å². The van der Waals surface area contributed by atoms with Crippen LogP contribution in [-0.2, 0) is 0 Å². The maximum absolute atomic E-state index is 6.01. The predicted octanol–water partition coefficient (Wildman–Crippen LogP) is 5.33. The maximum Gasteiger partial charge on any atom is 0.0619 e. The van der Waals surface area contributed by atoms with Crippen molar-refractivity contribution in [3.63, 3.8) is 0 Å².